The smallest absolute Gasteiger partial charge is 0.271 e. The molecule has 1 unspecified atom stereocenters. The predicted molar refractivity (Wildman–Crippen MR) is 105 cm³/mol. The van der Waals surface area contributed by atoms with Gasteiger partial charge in [-0.15, -0.1) is 0 Å². The summed E-state index contributed by atoms with van der Waals surface area (Å²) in [4.78, 5) is 16.9. The number of rotatable bonds is 4. The molecule has 140 valence electrons. The maximum absolute atomic E-state index is 12.6. The number of benzene rings is 1. The first-order chi connectivity index (χ1) is 12.9. The van der Waals surface area contributed by atoms with E-state index in [0.29, 0.717) is 33.5 Å². The van der Waals surface area contributed by atoms with Crippen molar-refractivity contribution in [1.82, 2.24) is 4.57 Å². The molecule has 1 aromatic heterocycles. The van der Waals surface area contributed by atoms with E-state index < -0.39 is 5.56 Å². The Morgan fingerprint density at radius 3 is 2.85 bits per heavy atom. The van der Waals surface area contributed by atoms with Crippen LogP contribution in [0.1, 0.15) is 29.5 Å². The zero-order valence-corrected chi connectivity index (χ0v) is 16.1. The van der Waals surface area contributed by atoms with Crippen molar-refractivity contribution in [2.24, 2.45) is 4.99 Å². The van der Waals surface area contributed by atoms with E-state index in [1.807, 2.05) is 6.07 Å². The van der Waals surface area contributed by atoms with Crippen molar-refractivity contribution < 1.29 is 9.84 Å². The number of hydrogen-bond donors (Lipinski definition) is 1. The Morgan fingerprint density at radius 1 is 1.44 bits per heavy atom. The van der Waals surface area contributed by atoms with Crippen molar-refractivity contribution in [1.29, 1.82) is 5.26 Å². The molecule has 8 heteroatoms. The van der Waals surface area contributed by atoms with Crippen LogP contribution in [0.3, 0.4) is 0 Å². The lowest BCUT2D eigenvalue weighted by molar-refractivity contribution is 0.0938. The minimum Gasteiger partial charge on any atom is -0.494 e. The molecular weight excluding hydrogens is 389 g/mol. The van der Waals surface area contributed by atoms with Crippen LogP contribution in [0.25, 0.3) is 0 Å². The second-order valence-corrected chi connectivity index (χ2v) is 7.07. The summed E-state index contributed by atoms with van der Waals surface area (Å²) < 4.78 is 6.73. The van der Waals surface area contributed by atoms with Gasteiger partial charge in [-0.05, 0) is 43.5 Å². The minimum absolute atomic E-state index is 0.0265. The normalized spacial score (nSPS) is 16.7. The number of nitrogens with zero attached hydrogens (tertiary/aromatic N) is 3. The first kappa shape index (κ1) is 19.4. The quantitative estimate of drug-likeness (QED) is 0.779. The Bertz CT molecular complexity index is 1000. The van der Waals surface area contributed by atoms with Crippen LogP contribution in [0, 0.1) is 18.3 Å². The molecular formula is C19H17Cl2N3O3. The van der Waals surface area contributed by atoms with Crippen LogP contribution in [-0.2, 0) is 11.3 Å². The standard InChI is InChI=1S/C19H17Cl2N3O3/c1-11-14(8-22)18(25)24(10-13-3-2-6-27-13)19(26)15(11)9-23-12-4-5-16(20)17(21)7-12/h4-5,7,9,13,26H,2-3,6,10H2,1H3. The lowest BCUT2D eigenvalue weighted by atomic mass is 10.1. The zero-order chi connectivity index (χ0) is 19.6. The number of aliphatic imine (C=N–C) groups is 1. The highest BCUT2D eigenvalue weighted by molar-refractivity contribution is 6.42. The third-order valence-electron chi connectivity index (χ3n) is 4.50. The summed E-state index contributed by atoms with van der Waals surface area (Å²) in [6, 6.07) is 6.79. The topological polar surface area (TPSA) is 87.6 Å². The Kier molecular flexibility index (Phi) is 5.85. The highest BCUT2D eigenvalue weighted by atomic mass is 35.5. The highest BCUT2D eigenvalue weighted by Crippen LogP contribution is 2.27. The summed E-state index contributed by atoms with van der Waals surface area (Å²) >= 11 is 11.9. The molecule has 1 atom stereocenters. The molecule has 1 N–H and O–H groups in total. The van der Waals surface area contributed by atoms with Gasteiger partial charge in [0.2, 0.25) is 5.88 Å². The summed E-state index contributed by atoms with van der Waals surface area (Å²) in [5.74, 6) is -0.240. The van der Waals surface area contributed by atoms with Crippen molar-refractivity contribution in [2.45, 2.75) is 32.4 Å². The molecule has 1 aliphatic heterocycles. The second kappa shape index (κ2) is 8.13. The van der Waals surface area contributed by atoms with Gasteiger partial charge in [0, 0.05) is 12.8 Å². The van der Waals surface area contributed by atoms with E-state index >= 15 is 0 Å². The minimum atomic E-state index is -0.533. The molecule has 0 bridgehead atoms. The largest absolute Gasteiger partial charge is 0.494 e. The maximum Gasteiger partial charge on any atom is 0.271 e. The first-order valence-corrected chi connectivity index (χ1v) is 9.15. The summed E-state index contributed by atoms with van der Waals surface area (Å²) in [6.45, 7) is 2.42. The third-order valence-corrected chi connectivity index (χ3v) is 5.24. The fourth-order valence-corrected chi connectivity index (χ4v) is 3.28. The van der Waals surface area contributed by atoms with Gasteiger partial charge in [0.1, 0.15) is 11.6 Å². The van der Waals surface area contributed by atoms with Gasteiger partial charge in [-0.3, -0.25) is 14.4 Å². The van der Waals surface area contributed by atoms with Crippen LogP contribution in [0.5, 0.6) is 5.88 Å². The third kappa shape index (κ3) is 4.01. The van der Waals surface area contributed by atoms with Crippen LogP contribution in [0.4, 0.5) is 5.69 Å². The van der Waals surface area contributed by atoms with Crippen molar-refractivity contribution in [3.8, 4) is 11.9 Å². The van der Waals surface area contributed by atoms with Gasteiger partial charge in [0.25, 0.3) is 5.56 Å². The van der Waals surface area contributed by atoms with Crippen LogP contribution in [0.15, 0.2) is 28.0 Å². The molecule has 2 heterocycles. The molecule has 6 nitrogen and oxygen atoms in total. The van der Waals surface area contributed by atoms with Crippen molar-refractivity contribution in [3.05, 3.63) is 55.3 Å². The van der Waals surface area contributed by atoms with Gasteiger partial charge < -0.3 is 9.84 Å². The molecule has 1 fully saturated rings. The van der Waals surface area contributed by atoms with E-state index in [1.165, 1.54) is 10.8 Å². The lowest BCUT2D eigenvalue weighted by Crippen LogP contribution is -2.29. The number of ether oxygens (including phenoxy) is 1. The number of aromatic hydroxyl groups is 1. The average Bonchev–Trinajstić information content (AvgIpc) is 3.15. The van der Waals surface area contributed by atoms with Gasteiger partial charge >= 0.3 is 0 Å². The molecule has 0 aliphatic carbocycles. The van der Waals surface area contributed by atoms with Gasteiger partial charge in [0.15, 0.2) is 0 Å². The van der Waals surface area contributed by atoms with E-state index in [1.54, 1.807) is 25.1 Å². The number of nitriles is 1. The molecule has 27 heavy (non-hydrogen) atoms. The van der Waals surface area contributed by atoms with Gasteiger partial charge in [-0.2, -0.15) is 5.26 Å². The van der Waals surface area contributed by atoms with Crippen LogP contribution in [0.2, 0.25) is 10.0 Å². The molecule has 1 aromatic carbocycles. The van der Waals surface area contributed by atoms with Gasteiger partial charge in [-0.1, -0.05) is 23.2 Å². The van der Waals surface area contributed by atoms with Crippen LogP contribution in [-0.4, -0.2) is 28.6 Å². The average molecular weight is 406 g/mol. The summed E-state index contributed by atoms with van der Waals surface area (Å²) in [7, 11) is 0. The maximum atomic E-state index is 12.6. The molecule has 0 spiro atoms. The van der Waals surface area contributed by atoms with Gasteiger partial charge in [0.05, 0.1) is 33.9 Å². The SMILES string of the molecule is Cc1c(C=Nc2ccc(Cl)c(Cl)c2)c(O)n(CC2CCCO2)c(=O)c1C#N. The Hall–Kier alpha value is -2.33. The Labute approximate surface area is 166 Å². The zero-order valence-electron chi connectivity index (χ0n) is 14.6. The first-order valence-electron chi connectivity index (χ1n) is 8.39. The highest BCUT2D eigenvalue weighted by Gasteiger charge is 2.22. The van der Waals surface area contributed by atoms with E-state index in [0.717, 1.165) is 12.8 Å². The van der Waals surface area contributed by atoms with E-state index in [-0.39, 0.29) is 24.1 Å². The second-order valence-electron chi connectivity index (χ2n) is 6.26. The van der Waals surface area contributed by atoms with E-state index in [2.05, 4.69) is 4.99 Å². The van der Waals surface area contributed by atoms with Crippen LogP contribution >= 0.6 is 23.2 Å². The Balaban J connectivity index is 2.05. The molecule has 1 saturated heterocycles. The molecule has 0 saturated carbocycles. The lowest BCUT2D eigenvalue weighted by Gasteiger charge is -2.17. The van der Waals surface area contributed by atoms with E-state index in [9.17, 15) is 15.2 Å². The summed E-state index contributed by atoms with van der Waals surface area (Å²) in [6.07, 6.45) is 2.95. The summed E-state index contributed by atoms with van der Waals surface area (Å²) in [5.41, 5.74) is 0.636. The van der Waals surface area contributed by atoms with Crippen LogP contribution < -0.4 is 5.56 Å². The fourth-order valence-electron chi connectivity index (χ4n) is 2.99. The van der Waals surface area contributed by atoms with Crippen molar-refractivity contribution in [3.63, 3.8) is 0 Å². The molecule has 0 amide bonds. The molecule has 2 aromatic rings. The van der Waals surface area contributed by atoms with E-state index in [4.69, 9.17) is 27.9 Å². The molecule has 1 aliphatic rings. The Morgan fingerprint density at radius 2 is 2.22 bits per heavy atom. The fraction of sp³-hybridized carbons (Fsp3) is 0.316. The van der Waals surface area contributed by atoms with Crippen molar-refractivity contribution >= 4 is 35.1 Å². The monoisotopic (exact) mass is 405 g/mol. The number of pyridine rings is 1. The molecule has 0 radical (unpaired) electrons. The molecule has 3 rings (SSSR count). The number of hydrogen-bond acceptors (Lipinski definition) is 5. The summed E-state index contributed by atoms with van der Waals surface area (Å²) in [5, 5.41) is 20.8. The van der Waals surface area contributed by atoms with Gasteiger partial charge in [-0.25, -0.2) is 0 Å². The number of halogens is 2. The number of aromatic nitrogens is 1. The van der Waals surface area contributed by atoms with Crippen molar-refractivity contribution in [2.75, 3.05) is 6.61 Å². The predicted octanol–water partition coefficient (Wildman–Crippen LogP) is 3.97.